The van der Waals surface area contributed by atoms with E-state index in [1.165, 1.54) is 6.33 Å². The average Bonchev–Trinajstić information content (AvgIpc) is 3.10. The van der Waals surface area contributed by atoms with Gasteiger partial charge in [0.05, 0.1) is 12.0 Å². The van der Waals surface area contributed by atoms with E-state index in [4.69, 9.17) is 0 Å². The number of hydrogen-bond acceptors (Lipinski definition) is 5. The summed E-state index contributed by atoms with van der Waals surface area (Å²) in [6.07, 6.45) is 2.51. The predicted octanol–water partition coefficient (Wildman–Crippen LogP) is -0.209. The second kappa shape index (κ2) is 5.73. The number of rotatable bonds is 3. The van der Waals surface area contributed by atoms with Gasteiger partial charge in [0.2, 0.25) is 5.91 Å². The number of likely N-dealkylation sites (tertiary alicyclic amines) is 1. The lowest BCUT2D eigenvalue weighted by Crippen LogP contribution is -2.52. The zero-order valence-corrected chi connectivity index (χ0v) is 12.9. The molecule has 2 saturated heterocycles. The predicted molar refractivity (Wildman–Crippen MR) is 78.5 cm³/mol. The van der Waals surface area contributed by atoms with E-state index in [0.717, 1.165) is 58.1 Å². The van der Waals surface area contributed by atoms with Gasteiger partial charge in [0.15, 0.2) is 0 Å². The first-order valence-electron chi connectivity index (χ1n) is 7.61. The maximum atomic E-state index is 12.7. The van der Waals surface area contributed by atoms with Crippen molar-refractivity contribution in [2.24, 2.45) is 5.41 Å². The van der Waals surface area contributed by atoms with Crippen LogP contribution in [0, 0.1) is 5.41 Å². The van der Waals surface area contributed by atoms with E-state index in [-0.39, 0.29) is 5.41 Å². The van der Waals surface area contributed by atoms with Crippen molar-refractivity contribution in [3.05, 3.63) is 12.2 Å². The lowest BCUT2D eigenvalue weighted by molar-refractivity contribution is -0.142. The number of aromatic nitrogens is 3. The molecule has 116 valence electrons. The quantitative estimate of drug-likeness (QED) is 0.835. The Balaban J connectivity index is 1.52. The maximum absolute atomic E-state index is 12.7. The molecule has 0 aromatic carbocycles. The summed E-state index contributed by atoms with van der Waals surface area (Å²) < 4.78 is 0. The minimum Gasteiger partial charge on any atom is -0.340 e. The third-order valence-electron chi connectivity index (χ3n) is 4.68. The molecular formula is C14H24N6O. The molecule has 7 heteroatoms. The molecular weight excluding hydrogens is 268 g/mol. The van der Waals surface area contributed by atoms with Crippen molar-refractivity contribution < 1.29 is 4.79 Å². The highest BCUT2D eigenvalue weighted by atomic mass is 16.2. The largest absolute Gasteiger partial charge is 0.340 e. The van der Waals surface area contributed by atoms with Gasteiger partial charge >= 0.3 is 0 Å². The molecule has 1 amide bonds. The van der Waals surface area contributed by atoms with Crippen LogP contribution in [0.3, 0.4) is 0 Å². The van der Waals surface area contributed by atoms with Gasteiger partial charge in [0.25, 0.3) is 0 Å². The molecule has 1 N–H and O–H groups in total. The van der Waals surface area contributed by atoms with Crippen LogP contribution in [0.25, 0.3) is 0 Å². The lowest BCUT2D eigenvalue weighted by Gasteiger charge is -2.38. The number of carbonyl (C=O) groups excluding carboxylic acids is 1. The maximum Gasteiger partial charge on any atom is 0.229 e. The molecule has 1 aromatic heterocycles. The molecule has 0 unspecified atom stereocenters. The summed E-state index contributed by atoms with van der Waals surface area (Å²) in [6, 6.07) is 0. The van der Waals surface area contributed by atoms with Gasteiger partial charge in [-0.2, -0.15) is 5.10 Å². The number of aromatic amines is 1. The fourth-order valence-electron chi connectivity index (χ4n) is 3.38. The molecule has 0 radical (unpaired) electrons. The van der Waals surface area contributed by atoms with E-state index in [0.29, 0.717) is 5.91 Å². The summed E-state index contributed by atoms with van der Waals surface area (Å²) in [5.74, 6) is 1.21. The number of nitrogens with zero attached hydrogens (tertiary/aromatic N) is 5. The highest BCUT2D eigenvalue weighted by molar-refractivity contribution is 5.83. The Kier molecular flexibility index (Phi) is 3.95. The molecule has 3 heterocycles. The zero-order valence-electron chi connectivity index (χ0n) is 12.9. The summed E-state index contributed by atoms with van der Waals surface area (Å²) in [7, 11) is 2.09. The Morgan fingerprint density at radius 2 is 2.10 bits per heavy atom. The van der Waals surface area contributed by atoms with Gasteiger partial charge < -0.3 is 9.80 Å². The Morgan fingerprint density at radius 1 is 1.33 bits per heavy atom. The smallest absolute Gasteiger partial charge is 0.229 e. The van der Waals surface area contributed by atoms with Crippen molar-refractivity contribution in [3.8, 4) is 0 Å². The Hall–Kier alpha value is -1.47. The molecule has 1 atom stereocenters. The van der Waals surface area contributed by atoms with Crippen LogP contribution in [0.1, 0.15) is 19.2 Å². The first-order valence-corrected chi connectivity index (χ1v) is 7.61. The summed E-state index contributed by atoms with van der Waals surface area (Å²) in [5.41, 5.74) is -0.193. The topological polar surface area (TPSA) is 68.4 Å². The van der Waals surface area contributed by atoms with Crippen molar-refractivity contribution in [2.45, 2.75) is 19.9 Å². The van der Waals surface area contributed by atoms with Crippen LogP contribution in [0.4, 0.5) is 0 Å². The SMILES string of the molecule is CN1CC[C@](C)(C(=O)N2CCN(Cc3ncn[nH]3)CC2)C1. The van der Waals surface area contributed by atoms with Crippen molar-refractivity contribution in [2.75, 3.05) is 46.3 Å². The highest BCUT2D eigenvalue weighted by Gasteiger charge is 2.41. The molecule has 0 spiro atoms. The normalized spacial score (nSPS) is 28.2. The van der Waals surface area contributed by atoms with E-state index in [2.05, 4.69) is 39.0 Å². The molecule has 0 bridgehead atoms. The summed E-state index contributed by atoms with van der Waals surface area (Å²) >= 11 is 0. The van der Waals surface area contributed by atoms with E-state index in [1.807, 2.05) is 4.90 Å². The van der Waals surface area contributed by atoms with Crippen LogP contribution in [-0.4, -0.2) is 82.1 Å². The van der Waals surface area contributed by atoms with Crippen molar-refractivity contribution >= 4 is 5.91 Å². The van der Waals surface area contributed by atoms with Gasteiger partial charge in [-0.05, 0) is 26.9 Å². The fourth-order valence-corrected chi connectivity index (χ4v) is 3.38. The lowest BCUT2D eigenvalue weighted by atomic mass is 9.88. The van der Waals surface area contributed by atoms with Crippen molar-refractivity contribution in [3.63, 3.8) is 0 Å². The van der Waals surface area contributed by atoms with Crippen molar-refractivity contribution in [1.29, 1.82) is 0 Å². The van der Waals surface area contributed by atoms with Gasteiger partial charge in [-0.1, -0.05) is 0 Å². The average molecular weight is 292 g/mol. The van der Waals surface area contributed by atoms with Crippen molar-refractivity contribution in [1.82, 2.24) is 29.9 Å². The van der Waals surface area contributed by atoms with Gasteiger partial charge in [-0.15, -0.1) is 0 Å². The number of piperazine rings is 1. The van der Waals surface area contributed by atoms with Crippen LogP contribution < -0.4 is 0 Å². The third kappa shape index (κ3) is 3.08. The molecule has 3 rings (SSSR count). The molecule has 0 saturated carbocycles. The third-order valence-corrected chi connectivity index (χ3v) is 4.68. The van der Waals surface area contributed by atoms with Gasteiger partial charge in [0.1, 0.15) is 12.2 Å². The monoisotopic (exact) mass is 292 g/mol. The first-order chi connectivity index (χ1) is 10.1. The van der Waals surface area contributed by atoms with E-state index < -0.39 is 0 Å². The Bertz CT molecular complexity index is 482. The van der Waals surface area contributed by atoms with E-state index >= 15 is 0 Å². The number of hydrogen-bond donors (Lipinski definition) is 1. The first kappa shape index (κ1) is 14.5. The van der Waals surface area contributed by atoms with Crippen LogP contribution >= 0.6 is 0 Å². The minimum atomic E-state index is -0.193. The Labute approximate surface area is 125 Å². The van der Waals surface area contributed by atoms with Gasteiger partial charge in [-0.3, -0.25) is 14.8 Å². The molecule has 1 aromatic rings. The van der Waals surface area contributed by atoms with E-state index in [9.17, 15) is 4.79 Å². The molecule has 2 aliphatic rings. The number of H-pyrrole nitrogens is 1. The van der Waals surface area contributed by atoms with Crippen LogP contribution in [0.2, 0.25) is 0 Å². The summed E-state index contributed by atoms with van der Waals surface area (Å²) in [6.45, 7) is 8.22. The van der Waals surface area contributed by atoms with E-state index in [1.54, 1.807) is 0 Å². The molecule has 7 nitrogen and oxygen atoms in total. The standard InChI is InChI=1S/C14H24N6O/c1-14(3-4-18(2)10-14)13(21)20-7-5-19(6-8-20)9-12-15-11-16-17-12/h11H,3-10H2,1-2H3,(H,15,16,17)/t14-/m0/s1. The second-order valence-electron chi connectivity index (χ2n) is 6.55. The minimum absolute atomic E-state index is 0.193. The number of carbonyl (C=O) groups is 1. The zero-order chi connectivity index (χ0) is 14.9. The van der Waals surface area contributed by atoms with Crippen LogP contribution in [0.15, 0.2) is 6.33 Å². The van der Waals surface area contributed by atoms with Gasteiger partial charge in [0, 0.05) is 32.7 Å². The fraction of sp³-hybridized carbons (Fsp3) is 0.786. The molecule has 0 aliphatic carbocycles. The van der Waals surface area contributed by atoms with Crippen LogP contribution in [-0.2, 0) is 11.3 Å². The summed E-state index contributed by atoms with van der Waals surface area (Å²) in [5, 5.41) is 6.75. The summed E-state index contributed by atoms with van der Waals surface area (Å²) in [4.78, 5) is 23.5. The number of nitrogens with one attached hydrogen (secondary N) is 1. The Morgan fingerprint density at radius 3 is 2.67 bits per heavy atom. The second-order valence-corrected chi connectivity index (χ2v) is 6.55. The van der Waals surface area contributed by atoms with Crippen LogP contribution in [0.5, 0.6) is 0 Å². The van der Waals surface area contributed by atoms with Gasteiger partial charge in [-0.25, -0.2) is 4.98 Å². The molecule has 21 heavy (non-hydrogen) atoms. The molecule has 2 aliphatic heterocycles. The number of amides is 1. The molecule has 2 fully saturated rings. The highest BCUT2D eigenvalue weighted by Crippen LogP contribution is 2.31.